The van der Waals surface area contributed by atoms with Crippen LogP contribution in [0.4, 0.5) is 59.5 Å². The van der Waals surface area contributed by atoms with E-state index in [4.69, 9.17) is 44.6 Å². The van der Waals surface area contributed by atoms with Gasteiger partial charge in [-0.05, 0) is 144 Å². The maximum atomic E-state index is 13.2. The van der Waals surface area contributed by atoms with Crippen molar-refractivity contribution in [2.45, 2.75) is 198 Å². The van der Waals surface area contributed by atoms with Gasteiger partial charge in [0, 0.05) is 64.1 Å². The number of unbranched alkanes of at least 4 members (excludes halogenated alkanes) is 5. The molecule has 38 nitrogen and oxygen atoms in total. The first kappa shape index (κ1) is 94.9. The molecule has 14 rings (SSSR count). The number of halogens is 3. The fraction of sp³-hybridized carbons (Fsp3) is 0.460. The van der Waals surface area contributed by atoms with Crippen LogP contribution in [0.15, 0.2) is 85.2 Å². The fourth-order valence-corrected chi connectivity index (χ4v) is 16.4. The first-order valence-corrected chi connectivity index (χ1v) is 42.3. The van der Waals surface area contributed by atoms with Crippen LogP contribution in [0, 0.1) is 0 Å². The summed E-state index contributed by atoms with van der Waals surface area (Å²) in [4.78, 5) is 212. The number of piperidine rings is 2. The molecule has 8 heterocycles. The van der Waals surface area contributed by atoms with Crippen LogP contribution in [0.2, 0.25) is 0 Å². The lowest BCUT2D eigenvalue weighted by atomic mass is 10.0. The number of anilines is 8. The number of carbonyl (C=O) groups excluding carboxylic acids is 13. The highest BCUT2D eigenvalue weighted by Gasteiger charge is 2.49. The van der Waals surface area contributed by atoms with Crippen molar-refractivity contribution in [3.8, 4) is 23.0 Å². The summed E-state index contributed by atoms with van der Waals surface area (Å²) in [6, 6.07) is 16.4. The van der Waals surface area contributed by atoms with Gasteiger partial charge in [-0.2, -0.15) is 23.1 Å². The summed E-state index contributed by atoms with van der Waals surface area (Å²) in [6.45, 7) is 4.75. The molecule has 10 N–H and O–H groups in total. The summed E-state index contributed by atoms with van der Waals surface area (Å²) in [5.41, 5.74) is 8.64. The van der Waals surface area contributed by atoms with Crippen molar-refractivity contribution < 1.29 is 114 Å². The molecule has 0 bridgehead atoms. The maximum absolute atomic E-state index is 13.2. The number of ketones is 1. The monoisotopic (exact) mass is 1780 g/mol. The normalized spacial score (nSPS) is 18.4. The molecule has 2 aliphatic carbocycles. The topological polar surface area (TPSA) is 503 Å². The molecule has 2 aromatic heterocycles. The van der Waals surface area contributed by atoms with E-state index < -0.39 is 90.0 Å². The number of rotatable bonds is 32. The lowest BCUT2D eigenvalue weighted by molar-refractivity contribution is -0.192. The smallest absolute Gasteiger partial charge is 0.490 e. The van der Waals surface area contributed by atoms with Gasteiger partial charge >= 0.3 is 18.1 Å². The van der Waals surface area contributed by atoms with Gasteiger partial charge in [0.15, 0.2) is 24.0 Å². The Labute approximate surface area is 733 Å². The van der Waals surface area contributed by atoms with Gasteiger partial charge in [0.25, 0.3) is 35.4 Å². The van der Waals surface area contributed by atoms with Crippen molar-refractivity contribution in [2.75, 3.05) is 91.4 Å². The molecule has 4 atom stereocenters. The average molecular weight is 1780 g/mol. The molecule has 6 aromatic rings. The van der Waals surface area contributed by atoms with E-state index in [-0.39, 0.29) is 119 Å². The van der Waals surface area contributed by atoms with E-state index in [2.05, 4.69) is 51.7 Å². The van der Waals surface area contributed by atoms with E-state index in [9.17, 15) is 85.4 Å². The Morgan fingerprint density at radius 3 is 1.40 bits per heavy atom. The first-order chi connectivity index (χ1) is 61.3. The molecule has 0 radical (unpaired) electrons. The quantitative estimate of drug-likeness (QED) is 0.0142. The second kappa shape index (κ2) is 43.0. The van der Waals surface area contributed by atoms with E-state index in [0.717, 1.165) is 105 Å². The van der Waals surface area contributed by atoms with E-state index >= 15 is 0 Å². The van der Waals surface area contributed by atoms with Crippen molar-refractivity contribution in [1.82, 2.24) is 51.0 Å². The SMILES string of the molecule is CC[C@@H]1C(=O)N(C)c2cnc(Nc3ccc(C(=O)NCCCCNC(=O)COc4cccc5c4C(=O)N(C4CCC(=O)NC4=O)C5=O)cc3OC)nc2N1C1CCCC1.CC[C@@H]1C(=O)N(C)c2cnc(Nc3ccc(C(=O)O)cc3OC)nc2N1C1CCCC1.NCCCCCCCC(=O)COc1cccc2c1C(=O)N(C1CCC(=O)NC1=O)C2=O.O=C(O)C(F)(F)F. The Hall–Kier alpha value is -13.8. The number of nitrogens with zero attached hydrogens (tertiary/aromatic N) is 10. The number of benzene rings is 4. The number of likely N-dealkylation sites (N-methyl/N-ethyl adjacent to an activating group) is 2. The van der Waals surface area contributed by atoms with E-state index in [1.807, 2.05) is 13.8 Å². The van der Waals surface area contributed by atoms with Crippen LogP contribution in [0.5, 0.6) is 23.0 Å². The van der Waals surface area contributed by atoms with Gasteiger partial charge in [-0.25, -0.2) is 19.6 Å². The summed E-state index contributed by atoms with van der Waals surface area (Å²) in [5, 5.41) is 32.6. The second-order valence-electron chi connectivity index (χ2n) is 31.3. The zero-order valence-corrected chi connectivity index (χ0v) is 71.5. The van der Waals surface area contributed by atoms with Crippen molar-refractivity contribution >= 4 is 135 Å². The highest BCUT2D eigenvalue weighted by Crippen LogP contribution is 2.44. The number of imide groups is 4. The molecule has 8 aliphatic rings. The highest BCUT2D eigenvalue weighted by atomic mass is 19.4. The number of fused-ring (bicyclic) bond motifs is 4. The van der Waals surface area contributed by atoms with Crippen LogP contribution in [0.3, 0.4) is 0 Å². The number of Topliss-reactive ketones (excluding diaryl/α,β-unsaturated/α-hetero) is 1. The minimum atomic E-state index is -5.08. The zero-order valence-electron chi connectivity index (χ0n) is 71.5. The second-order valence-corrected chi connectivity index (χ2v) is 31.3. The Balaban J connectivity index is 0.000000193. The number of nitrogens with two attached hydrogens (primary N) is 1. The third-order valence-electron chi connectivity index (χ3n) is 23.0. The molecular formula is C87H102F3N17O21. The number of aliphatic carboxylic acids is 1. The highest BCUT2D eigenvalue weighted by molar-refractivity contribution is 6.26. The molecule has 2 unspecified atom stereocenters. The Kier molecular flexibility index (Phi) is 31.8. The zero-order chi connectivity index (χ0) is 92.4. The van der Waals surface area contributed by atoms with Gasteiger partial charge in [-0.15, -0.1) is 0 Å². The summed E-state index contributed by atoms with van der Waals surface area (Å²) in [5.74, 6) is -6.33. The third kappa shape index (κ3) is 22.0. The predicted molar refractivity (Wildman–Crippen MR) is 455 cm³/mol. The summed E-state index contributed by atoms with van der Waals surface area (Å²) < 4.78 is 53.9. The fourth-order valence-electron chi connectivity index (χ4n) is 16.4. The summed E-state index contributed by atoms with van der Waals surface area (Å²) in [7, 11) is 6.51. The van der Waals surface area contributed by atoms with Crippen LogP contribution in [0.1, 0.15) is 217 Å². The van der Waals surface area contributed by atoms with E-state index in [1.54, 1.807) is 66.6 Å². The lowest BCUT2D eigenvalue weighted by Gasteiger charge is -2.43. The van der Waals surface area contributed by atoms with Crippen LogP contribution >= 0.6 is 0 Å². The van der Waals surface area contributed by atoms with Gasteiger partial charge < -0.3 is 75.8 Å². The summed E-state index contributed by atoms with van der Waals surface area (Å²) in [6.07, 6.45) is 14.7. The standard InChI is InChI=1S/C41H47N9O9.C22H27N5O4.C22H27N3O6.C2HF3O2/c1-4-27-39(56)48(2)29-21-44-41(47-35(29)49(27)24-10-5-6-11-24)45-26-15-14-23(20-31(26)58-3)36(53)43-19-8-7-18-42-33(52)22-59-30-13-9-12-25-34(30)40(57)50(38(25)55)28-16-17-32(51)46-37(28)54;1-4-16-20(28)26(2)17-12-23-22(25-19(17)27(16)14-7-5-6-8-14)24-15-10-9-13(21(29)30)11-18(15)31-3;23-12-5-3-1-2-4-7-14(26)13-31-17-9-6-8-15-19(17)22(30)25(21(15)29)16-10-11-18(27)24-20(16)28;3-2(4,5)1(6)7/h9,12-15,20-21,24,27-28H,4-8,10-11,16-19,22H2,1-3H3,(H,42,52)(H,43,53)(H,44,45,47)(H,46,51,54);9-12,14,16H,4-8H2,1-3H3,(H,29,30)(H,23,24,25);6,8-9,16H,1-5,7,10-13,23H2,(H,24,27,28);(H,6,7)/t27-,28?;16-;;/m11../s1. The van der Waals surface area contributed by atoms with E-state index in [0.29, 0.717) is 103 Å². The first-order valence-electron chi connectivity index (χ1n) is 42.3. The molecule has 12 amide bonds. The van der Waals surface area contributed by atoms with E-state index in [1.165, 1.54) is 56.7 Å². The number of aromatic nitrogens is 4. The van der Waals surface area contributed by atoms with Crippen LogP contribution in [-0.2, 0) is 43.2 Å². The number of methoxy groups -OCH3 is 2. The number of aromatic carboxylic acids is 1. The number of carboxylic acids is 2. The molecule has 2 saturated heterocycles. The number of carbonyl (C=O) groups is 15. The van der Waals surface area contributed by atoms with Gasteiger partial charge in [-0.3, -0.25) is 82.8 Å². The number of amides is 12. The lowest BCUT2D eigenvalue weighted by Crippen LogP contribution is -2.55. The number of carboxylic acid groups (broad SMARTS) is 2. The van der Waals surface area contributed by atoms with Crippen LogP contribution in [-0.4, -0.2) is 232 Å². The van der Waals surface area contributed by atoms with Crippen molar-refractivity contribution in [3.63, 3.8) is 0 Å². The number of nitrogens with one attached hydrogen (secondary N) is 6. The molecule has 6 aliphatic heterocycles. The molecule has 4 aromatic carbocycles. The minimum absolute atomic E-state index is 0.00126. The van der Waals surface area contributed by atoms with Gasteiger partial charge in [0.05, 0.1) is 65.8 Å². The number of hydrogen-bond donors (Lipinski definition) is 9. The van der Waals surface area contributed by atoms with Gasteiger partial charge in [0.1, 0.15) is 65.1 Å². The minimum Gasteiger partial charge on any atom is -0.495 e. The molecule has 4 fully saturated rings. The molecule has 128 heavy (non-hydrogen) atoms. The largest absolute Gasteiger partial charge is 0.495 e. The number of alkyl halides is 3. The van der Waals surface area contributed by atoms with Crippen molar-refractivity contribution in [2.24, 2.45) is 5.73 Å². The Morgan fingerprint density at radius 1 is 0.539 bits per heavy atom. The van der Waals surface area contributed by atoms with Crippen molar-refractivity contribution in [3.05, 3.63) is 119 Å². The van der Waals surface area contributed by atoms with Crippen LogP contribution < -0.4 is 76.2 Å². The molecule has 41 heteroatoms. The molecule has 0 spiro atoms. The Bertz CT molecular complexity index is 5260. The Morgan fingerprint density at radius 2 is 0.969 bits per heavy atom. The van der Waals surface area contributed by atoms with Crippen LogP contribution in [0.25, 0.3) is 0 Å². The predicted octanol–water partition coefficient (Wildman–Crippen LogP) is 8.24. The molecule has 682 valence electrons. The van der Waals surface area contributed by atoms with Gasteiger partial charge in [0.2, 0.25) is 47.3 Å². The number of ether oxygens (including phenoxy) is 4. The molecule has 2 saturated carbocycles. The average Bonchev–Trinajstić information content (AvgIpc) is 1.00. The molecular weight excluding hydrogens is 1680 g/mol. The summed E-state index contributed by atoms with van der Waals surface area (Å²) >= 11 is 0. The number of hydrogen-bond acceptors (Lipinski definition) is 28. The van der Waals surface area contributed by atoms with Crippen molar-refractivity contribution in [1.29, 1.82) is 0 Å². The maximum Gasteiger partial charge on any atom is 0.490 e. The third-order valence-corrected chi connectivity index (χ3v) is 23.0. The van der Waals surface area contributed by atoms with Gasteiger partial charge in [-0.1, -0.05) is 70.9 Å².